The van der Waals surface area contributed by atoms with E-state index in [1.807, 2.05) is 30.7 Å². The van der Waals surface area contributed by atoms with Crippen LogP contribution in [-0.2, 0) is 5.75 Å². The second kappa shape index (κ2) is 7.31. The Labute approximate surface area is 126 Å². The van der Waals surface area contributed by atoms with Crippen LogP contribution in [0.4, 0.5) is 5.13 Å². The van der Waals surface area contributed by atoms with Gasteiger partial charge in [0.05, 0.1) is 17.9 Å². The zero-order chi connectivity index (χ0) is 14.4. The molecule has 0 unspecified atom stereocenters. The Hall–Kier alpha value is -1.53. The van der Waals surface area contributed by atoms with Crippen molar-refractivity contribution in [2.24, 2.45) is 0 Å². The lowest BCUT2D eigenvalue weighted by atomic mass is 10.2. The number of thioether (sulfide) groups is 1. The number of hydrogen-bond acceptors (Lipinski definition) is 5. The Kier molecular flexibility index (Phi) is 5.43. The molecule has 0 radical (unpaired) electrons. The van der Waals surface area contributed by atoms with Gasteiger partial charge in [0.25, 0.3) is 5.91 Å². The molecule has 2 rings (SSSR count). The number of carbonyl (C=O) groups excluding carboxylic acids is 1. The minimum Gasteiger partial charge on any atom is -0.493 e. The Morgan fingerprint density at radius 2 is 2.25 bits per heavy atom. The summed E-state index contributed by atoms with van der Waals surface area (Å²) in [5.41, 5.74) is 1.51. The van der Waals surface area contributed by atoms with E-state index in [4.69, 9.17) is 4.74 Å². The van der Waals surface area contributed by atoms with Crippen molar-refractivity contribution in [2.45, 2.75) is 12.7 Å². The predicted octanol–water partition coefficient (Wildman–Crippen LogP) is 3.66. The predicted molar refractivity (Wildman–Crippen MR) is 84.9 cm³/mol. The molecule has 1 aromatic heterocycles. The molecule has 0 saturated carbocycles. The second-order valence-electron chi connectivity index (χ2n) is 3.96. The van der Waals surface area contributed by atoms with E-state index in [0.717, 1.165) is 11.4 Å². The van der Waals surface area contributed by atoms with E-state index >= 15 is 0 Å². The molecule has 0 bridgehead atoms. The molecule has 1 N–H and O–H groups in total. The fourth-order valence-corrected chi connectivity index (χ4v) is 2.93. The fraction of sp³-hybridized carbons (Fsp3) is 0.286. The highest BCUT2D eigenvalue weighted by Gasteiger charge is 2.13. The smallest absolute Gasteiger partial charge is 0.261 e. The van der Waals surface area contributed by atoms with Gasteiger partial charge in [-0.2, -0.15) is 11.8 Å². The number of para-hydroxylation sites is 1. The van der Waals surface area contributed by atoms with Crippen LogP contribution in [0.3, 0.4) is 0 Å². The van der Waals surface area contributed by atoms with Crippen molar-refractivity contribution in [1.82, 2.24) is 4.98 Å². The van der Waals surface area contributed by atoms with Gasteiger partial charge in [-0.1, -0.05) is 12.1 Å². The number of nitrogens with one attached hydrogen (secondary N) is 1. The number of thiazole rings is 1. The van der Waals surface area contributed by atoms with Crippen molar-refractivity contribution in [2.75, 3.05) is 18.2 Å². The number of ether oxygens (including phenoxy) is 1. The fourth-order valence-electron chi connectivity index (χ4n) is 1.68. The third-order valence-electron chi connectivity index (χ3n) is 2.50. The summed E-state index contributed by atoms with van der Waals surface area (Å²) in [7, 11) is 0. The first-order chi connectivity index (χ1) is 9.74. The van der Waals surface area contributed by atoms with Crippen molar-refractivity contribution < 1.29 is 9.53 Å². The Morgan fingerprint density at radius 1 is 1.45 bits per heavy atom. The van der Waals surface area contributed by atoms with Crippen LogP contribution >= 0.6 is 23.1 Å². The molecule has 0 saturated heterocycles. The zero-order valence-electron chi connectivity index (χ0n) is 11.4. The van der Waals surface area contributed by atoms with E-state index < -0.39 is 0 Å². The number of nitrogens with zero attached hydrogens (tertiary/aromatic N) is 1. The highest BCUT2D eigenvalue weighted by molar-refractivity contribution is 7.97. The lowest BCUT2D eigenvalue weighted by molar-refractivity contribution is 0.102. The van der Waals surface area contributed by atoms with Crippen molar-refractivity contribution in [1.29, 1.82) is 0 Å². The Morgan fingerprint density at radius 3 is 3.00 bits per heavy atom. The first kappa shape index (κ1) is 14.9. The summed E-state index contributed by atoms with van der Waals surface area (Å²) in [4.78, 5) is 16.6. The minimum absolute atomic E-state index is 0.195. The van der Waals surface area contributed by atoms with Crippen LogP contribution in [0.25, 0.3) is 0 Å². The Bertz CT molecular complexity index is 584. The third-order valence-corrected chi connectivity index (χ3v) is 3.89. The largest absolute Gasteiger partial charge is 0.493 e. The van der Waals surface area contributed by atoms with Gasteiger partial charge in [0, 0.05) is 11.1 Å². The van der Waals surface area contributed by atoms with Gasteiger partial charge in [-0.3, -0.25) is 10.1 Å². The van der Waals surface area contributed by atoms with Crippen molar-refractivity contribution in [3.63, 3.8) is 0 Å². The molecule has 106 valence electrons. The molecule has 6 heteroatoms. The summed E-state index contributed by atoms with van der Waals surface area (Å²) in [5.74, 6) is 1.24. The van der Waals surface area contributed by atoms with Crippen LogP contribution in [0, 0.1) is 0 Å². The minimum atomic E-state index is -0.195. The normalized spacial score (nSPS) is 10.3. The summed E-state index contributed by atoms with van der Waals surface area (Å²) in [5, 5.41) is 5.39. The van der Waals surface area contributed by atoms with E-state index in [-0.39, 0.29) is 5.91 Å². The summed E-state index contributed by atoms with van der Waals surface area (Å²) in [6, 6.07) is 7.20. The van der Waals surface area contributed by atoms with E-state index in [1.54, 1.807) is 23.9 Å². The average Bonchev–Trinajstić information content (AvgIpc) is 2.87. The molecule has 4 nitrogen and oxygen atoms in total. The molecule has 0 atom stereocenters. The van der Waals surface area contributed by atoms with Crippen molar-refractivity contribution in [3.05, 3.63) is 40.9 Å². The van der Waals surface area contributed by atoms with Gasteiger partial charge in [-0.15, -0.1) is 11.3 Å². The highest BCUT2D eigenvalue weighted by Crippen LogP contribution is 2.22. The van der Waals surface area contributed by atoms with E-state index in [9.17, 15) is 4.79 Å². The van der Waals surface area contributed by atoms with Crippen LogP contribution < -0.4 is 10.1 Å². The molecule has 1 heterocycles. The summed E-state index contributed by atoms with van der Waals surface area (Å²) in [6.45, 7) is 2.42. The van der Waals surface area contributed by atoms with Gasteiger partial charge in [0.1, 0.15) is 5.75 Å². The summed E-state index contributed by atoms with van der Waals surface area (Å²) in [6.07, 6.45) is 2.02. The highest BCUT2D eigenvalue weighted by atomic mass is 32.2. The van der Waals surface area contributed by atoms with Crippen LogP contribution in [0.5, 0.6) is 5.75 Å². The van der Waals surface area contributed by atoms with Gasteiger partial charge in [-0.05, 0) is 25.3 Å². The molecular formula is C14H16N2O2S2. The van der Waals surface area contributed by atoms with Crippen LogP contribution in [-0.4, -0.2) is 23.8 Å². The topological polar surface area (TPSA) is 51.2 Å². The number of aromatic nitrogens is 1. The molecule has 2 aromatic rings. The number of hydrogen-bond donors (Lipinski definition) is 1. The monoisotopic (exact) mass is 308 g/mol. The third kappa shape index (κ3) is 3.74. The van der Waals surface area contributed by atoms with Crippen molar-refractivity contribution >= 4 is 34.1 Å². The number of rotatable bonds is 6. The molecule has 0 spiro atoms. The zero-order valence-corrected chi connectivity index (χ0v) is 13.0. The lowest BCUT2D eigenvalue weighted by Gasteiger charge is -2.08. The van der Waals surface area contributed by atoms with E-state index in [0.29, 0.717) is 23.1 Å². The number of amides is 1. The van der Waals surface area contributed by atoms with Gasteiger partial charge in [-0.25, -0.2) is 4.98 Å². The maximum absolute atomic E-state index is 12.2. The molecule has 0 aliphatic heterocycles. The average molecular weight is 308 g/mol. The lowest BCUT2D eigenvalue weighted by Crippen LogP contribution is -2.13. The van der Waals surface area contributed by atoms with Crippen molar-refractivity contribution in [3.8, 4) is 5.75 Å². The Balaban J connectivity index is 2.11. The number of carbonyl (C=O) groups is 1. The molecule has 1 aromatic carbocycles. The molecule has 0 aliphatic rings. The quantitative estimate of drug-likeness (QED) is 0.885. The number of benzene rings is 1. The SMILES string of the molecule is CCOc1ccccc1C(=O)Nc1nc(CSC)cs1. The molecular weight excluding hydrogens is 292 g/mol. The van der Waals surface area contributed by atoms with Crippen LogP contribution in [0.15, 0.2) is 29.6 Å². The summed E-state index contributed by atoms with van der Waals surface area (Å²) >= 11 is 3.14. The first-order valence-electron chi connectivity index (χ1n) is 6.21. The van der Waals surface area contributed by atoms with E-state index in [1.165, 1.54) is 11.3 Å². The maximum Gasteiger partial charge on any atom is 0.261 e. The molecule has 0 fully saturated rings. The first-order valence-corrected chi connectivity index (χ1v) is 8.48. The van der Waals surface area contributed by atoms with E-state index in [2.05, 4.69) is 10.3 Å². The number of anilines is 1. The summed E-state index contributed by atoms with van der Waals surface area (Å²) < 4.78 is 5.46. The second-order valence-corrected chi connectivity index (χ2v) is 5.68. The maximum atomic E-state index is 12.2. The van der Waals surface area contributed by atoms with Gasteiger partial charge in [0.2, 0.25) is 0 Å². The molecule has 0 aliphatic carbocycles. The molecule has 20 heavy (non-hydrogen) atoms. The standard InChI is InChI=1S/C14H16N2O2S2/c1-3-18-12-7-5-4-6-11(12)13(17)16-14-15-10(8-19-2)9-20-14/h4-7,9H,3,8H2,1-2H3,(H,15,16,17). The van der Waals surface area contributed by atoms with Gasteiger partial charge >= 0.3 is 0 Å². The van der Waals surface area contributed by atoms with Crippen LogP contribution in [0.2, 0.25) is 0 Å². The van der Waals surface area contributed by atoms with Gasteiger partial charge < -0.3 is 4.74 Å². The van der Waals surface area contributed by atoms with Gasteiger partial charge in [0.15, 0.2) is 5.13 Å². The van der Waals surface area contributed by atoms with Crippen LogP contribution in [0.1, 0.15) is 23.0 Å². The molecule has 1 amide bonds.